The molecule has 0 aliphatic carbocycles. The Morgan fingerprint density at radius 2 is 2.10 bits per heavy atom. The number of carbonyl (C=O) groups is 2. The second-order valence-electron chi connectivity index (χ2n) is 5.09. The number of ketones is 1. The van der Waals surface area contributed by atoms with E-state index in [1.165, 1.54) is 0 Å². The Bertz CT molecular complexity index is 510. The van der Waals surface area contributed by atoms with E-state index in [9.17, 15) is 9.59 Å². The molecule has 0 spiro atoms. The van der Waals surface area contributed by atoms with Crippen molar-refractivity contribution in [1.29, 1.82) is 0 Å². The highest BCUT2D eigenvalue weighted by Gasteiger charge is 2.31. The molecule has 1 atom stereocenters. The third-order valence-corrected chi connectivity index (χ3v) is 3.44. The van der Waals surface area contributed by atoms with E-state index in [-0.39, 0.29) is 24.5 Å². The first-order valence-corrected chi connectivity index (χ1v) is 6.72. The van der Waals surface area contributed by atoms with Crippen molar-refractivity contribution in [2.24, 2.45) is 0 Å². The van der Waals surface area contributed by atoms with E-state index >= 15 is 0 Å². The Hall–Kier alpha value is -2.10. The summed E-state index contributed by atoms with van der Waals surface area (Å²) in [6, 6.07) is 9.30. The van der Waals surface area contributed by atoms with Gasteiger partial charge in [-0.1, -0.05) is 42.5 Å². The van der Waals surface area contributed by atoms with E-state index in [0.29, 0.717) is 19.4 Å². The van der Waals surface area contributed by atoms with Gasteiger partial charge in [-0.2, -0.15) is 0 Å². The standard InChI is InChI=1S/C16H19NO3/c1-12(2)15-10-14(18)8-9-17(15)16(19)20-11-13-6-4-3-5-7-13/h3-7,15H,1,8-11H2,2H3. The Morgan fingerprint density at radius 3 is 2.75 bits per heavy atom. The second-order valence-corrected chi connectivity index (χ2v) is 5.09. The molecular formula is C16H19NO3. The van der Waals surface area contributed by atoms with E-state index in [1.54, 1.807) is 4.90 Å². The molecule has 4 nitrogen and oxygen atoms in total. The van der Waals surface area contributed by atoms with Crippen LogP contribution in [0.15, 0.2) is 42.5 Å². The van der Waals surface area contributed by atoms with E-state index in [1.807, 2.05) is 37.3 Å². The molecule has 0 bridgehead atoms. The summed E-state index contributed by atoms with van der Waals surface area (Å²) >= 11 is 0. The number of ether oxygens (including phenoxy) is 1. The Morgan fingerprint density at radius 1 is 1.40 bits per heavy atom. The minimum absolute atomic E-state index is 0.171. The van der Waals surface area contributed by atoms with Gasteiger partial charge in [0.05, 0.1) is 6.04 Å². The molecule has 2 rings (SSSR count). The molecule has 1 unspecified atom stereocenters. The molecule has 1 amide bonds. The van der Waals surface area contributed by atoms with E-state index < -0.39 is 0 Å². The molecule has 20 heavy (non-hydrogen) atoms. The second kappa shape index (κ2) is 6.37. The van der Waals surface area contributed by atoms with Crippen molar-refractivity contribution in [2.45, 2.75) is 32.4 Å². The average Bonchev–Trinajstić information content (AvgIpc) is 2.45. The van der Waals surface area contributed by atoms with Gasteiger partial charge < -0.3 is 9.64 Å². The zero-order chi connectivity index (χ0) is 14.5. The summed E-state index contributed by atoms with van der Waals surface area (Å²) in [4.78, 5) is 25.3. The van der Waals surface area contributed by atoms with Gasteiger partial charge in [-0.15, -0.1) is 0 Å². The van der Waals surface area contributed by atoms with E-state index in [2.05, 4.69) is 6.58 Å². The van der Waals surface area contributed by atoms with Crippen LogP contribution in [0.4, 0.5) is 4.79 Å². The van der Waals surface area contributed by atoms with E-state index in [4.69, 9.17) is 4.74 Å². The molecule has 0 aromatic heterocycles. The molecule has 1 aromatic carbocycles. The van der Waals surface area contributed by atoms with Crippen molar-refractivity contribution < 1.29 is 14.3 Å². The van der Waals surface area contributed by atoms with Crippen molar-refractivity contribution >= 4 is 11.9 Å². The number of piperidine rings is 1. The SMILES string of the molecule is C=C(C)C1CC(=O)CCN1C(=O)OCc1ccccc1. The summed E-state index contributed by atoms with van der Waals surface area (Å²) < 4.78 is 5.32. The minimum atomic E-state index is -0.380. The Kier molecular flexibility index (Phi) is 4.56. The first-order valence-electron chi connectivity index (χ1n) is 6.72. The number of benzene rings is 1. The predicted molar refractivity (Wildman–Crippen MR) is 76.2 cm³/mol. The van der Waals surface area contributed by atoms with Crippen LogP contribution in [0.25, 0.3) is 0 Å². The quantitative estimate of drug-likeness (QED) is 0.795. The van der Waals surface area contributed by atoms with Gasteiger partial charge in [-0.3, -0.25) is 4.79 Å². The summed E-state index contributed by atoms with van der Waals surface area (Å²) in [7, 11) is 0. The van der Waals surface area contributed by atoms with Gasteiger partial charge >= 0.3 is 6.09 Å². The lowest BCUT2D eigenvalue weighted by Gasteiger charge is -2.34. The lowest BCUT2D eigenvalue weighted by Crippen LogP contribution is -2.47. The third-order valence-electron chi connectivity index (χ3n) is 3.44. The van der Waals surface area contributed by atoms with E-state index in [0.717, 1.165) is 11.1 Å². The molecule has 1 aromatic rings. The highest BCUT2D eigenvalue weighted by Crippen LogP contribution is 2.21. The molecule has 1 aliphatic rings. The van der Waals surface area contributed by atoms with Gasteiger partial charge in [0.2, 0.25) is 0 Å². The summed E-state index contributed by atoms with van der Waals surface area (Å²) in [5, 5.41) is 0. The topological polar surface area (TPSA) is 46.6 Å². The fourth-order valence-corrected chi connectivity index (χ4v) is 2.29. The monoisotopic (exact) mass is 273 g/mol. The van der Waals surface area contributed by atoms with Crippen LogP contribution in [-0.4, -0.2) is 29.4 Å². The van der Waals surface area contributed by atoms with Crippen LogP contribution < -0.4 is 0 Å². The van der Waals surface area contributed by atoms with Crippen molar-refractivity contribution in [3.63, 3.8) is 0 Å². The maximum atomic E-state index is 12.1. The van der Waals surface area contributed by atoms with Gasteiger partial charge in [0.25, 0.3) is 0 Å². The fourth-order valence-electron chi connectivity index (χ4n) is 2.29. The van der Waals surface area contributed by atoms with Crippen LogP contribution in [0.2, 0.25) is 0 Å². The van der Waals surface area contributed by atoms with Crippen LogP contribution in [0, 0.1) is 0 Å². The fraction of sp³-hybridized carbons (Fsp3) is 0.375. The summed E-state index contributed by atoms with van der Waals surface area (Å²) in [6.07, 6.45) is 0.356. The maximum absolute atomic E-state index is 12.1. The lowest BCUT2D eigenvalue weighted by molar-refractivity contribution is -0.122. The van der Waals surface area contributed by atoms with Gasteiger partial charge in [0.1, 0.15) is 12.4 Å². The van der Waals surface area contributed by atoms with Crippen molar-refractivity contribution in [3.8, 4) is 0 Å². The van der Waals surface area contributed by atoms with Gasteiger partial charge in [0.15, 0.2) is 0 Å². The largest absolute Gasteiger partial charge is 0.445 e. The average molecular weight is 273 g/mol. The van der Waals surface area contributed by atoms with Crippen LogP contribution in [-0.2, 0) is 16.1 Å². The molecule has 1 heterocycles. The molecule has 0 N–H and O–H groups in total. The minimum Gasteiger partial charge on any atom is -0.445 e. The molecule has 1 fully saturated rings. The highest BCUT2D eigenvalue weighted by molar-refractivity contribution is 5.83. The van der Waals surface area contributed by atoms with Crippen LogP contribution in [0.3, 0.4) is 0 Å². The number of nitrogens with zero attached hydrogens (tertiary/aromatic N) is 1. The number of rotatable bonds is 3. The number of carbonyl (C=O) groups excluding carboxylic acids is 2. The normalized spacial score (nSPS) is 18.8. The number of hydrogen-bond donors (Lipinski definition) is 0. The number of Topliss-reactive ketones (excluding diaryl/α,β-unsaturated/α-hetero) is 1. The zero-order valence-electron chi connectivity index (χ0n) is 11.7. The maximum Gasteiger partial charge on any atom is 0.410 e. The molecular weight excluding hydrogens is 254 g/mol. The lowest BCUT2D eigenvalue weighted by atomic mass is 9.96. The highest BCUT2D eigenvalue weighted by atomic mass is 16.6. The molecule has 1 saturated heterocycles. The summed E-state index contributed by atoms with van der Waals surface area (Å²) in [6.45, 7) is 6.35. The first-order chi connectivity index (χ1) is 9.58. The van der Waals surface area contributed by atoms with Crippen molar-refractivity contribution in [1.82, 2.24) is 4.90 Å². The Balaban J connectivity index is 1.97. The number of likely N-dealkylation sites (tertiary alicyclic amines) is 1. The zero-order valence-corrected chi connectivity index (χ0v) is 11.7. The number of amides is 1. The smallest absolute Gasteiger partial charge is 0.410 e. The summed E-state index contributed by atoms with van der Waals surface area (Å²) in [5.74, 6) is 0.171. The van der Waals surface area contributed by atoms with Crippen molar-refractivity contribution in [2.75, 3.05) is 6.54 Å². The van der Waals surface area contributed by atoms with Crippen LogP contribution >= 0.6 is 0 Å². The molecule has 4 heteroatoms. The van der Waals surface area contributed by atoms with Crippen LogP contribution in [0.1, 0.15) is 25.3 Å². The Labute approximate surface area is 119 Å². The first kappa shape index (κ1) is 14.3. The van der Waals surface area contributed by atoms with Crippen LogP contribution in [0.5, 0.6) is 0 Å². The molecule has 106 valence electrons. The van der Waals surface area contributed by atoms with Gasteiger partial charge in [0, 0.05) is 19.4 Å². The predicted octanol–water partition coefficient (Wildman–Crippen LogP) is 2.93. The molecule has 0 saturated carbocycles. The third kappa shape index (κ3) is 3.47. The number of hydrogen-bond acceptors (Lipinski definition) is 3. The summed E-state index contributed by atoms with van der Waals surface area (Å²) in [5.41, 5.74) is 1.76. The van der Waals surface area contributed by atoms with Gasteiger partial charge in [-0.05, 0) is 12.5 Å². The molecule has 0 radical (unpaired) electrons. The van der Waals surface area contributed by atoms with Crippen molar-refractivity contribution in [3.05, 3.63) is 48.0 Å². The van der Waals surface area contributed by atoms with Gasteiger partial charge in [-0.25, -0.2) is 4.79 Å². The molecule has 1 aliphatic heterocycles.